The number of hydrogen-bond donors (Lipinski definition) is 0. The second-order valence-electron chi connectivity index (χ2n) is 0.0680. The fourth-order valence-corrected chi connectivity index (χ4v) is 0. The summed E-state index contributed by atoms with van der Waals surface area (Å²) in [6, 6.07) is 0. The molecule has 0 aliphatic heterocycles. The maximum atomic E-state index is 2.20. The first-order chi connectivity index (χ1) is 1.41. The first-order valence-electron chi connectivity index (χ1n) is 0.333. The Bertz CT molecular complexity index is 27.0. The van der Waals surface area contributed by atoms with Gasteiger partial charge in [0.25, 0.3) is 0 Å². The summed E-state index contributed by atoms with van der Waals surface area (Å²) < 4.78 is 0. The van der Waals surface area contributed by atoms with Crippen molar-refractivity contribution in [2.75, 3.05) is 0 Å². The zero-order chi connectivity index (χ0) is 2.71. The summed E-state index contributed by atoms with van der Waals surface area (Å²) >= 11 is 4.41. The summed E-state index contributed by atoms with van der Waals surface area (Å²) in [5.74, 6) is 0. The van der Waals surface area contributed by atoms with Crippen LogP contribution in [-0.4, -0.2) is 36.9 Å². The molecule has 0 nitrogen and oxygen atoms in total. The summed E-state index contributed by atoms with van der Waals surface area (Å²) in [5, 5.41) is 0. The molecule has 0 saturated carbocycles. The standard InChI is InChI=1S/Mo.H2S.2Te/h;1H2;;. The molecule has 0 radical (unpaired) electrons. The summed E-state index contributed by atoms with van der Waals surface area (Å²) in [6.07, 6.45) is 0. The third kappa shape index (κ3) is 8.82. The molecule has 0 rings (SSSR count). The van der Waals surface area contributed by atoms with Gasteiger partial charge in [-0.15, -0.1) is 0 Å². The van der Waals surface area contributed by atoms with Crippen LogP contribution in [0.1, 0.15) is 0 Å². The zero-order valence-electron chi connectivity index (χ0n) is 1.72. The van der Waals surface area contributed by atoms with Gasteiger partial charge in [-0.25, -0.2) is 0 Å². The third-order valence-corrected chi connectivity index (χ3v) is 0. The Morgan fingerprint density at radius 2 is 1.25 bits per heavy atom. The predicted octanol–water partition coefficient (Wildman–Crippen LogP) is -0.651. The summed E-state index contributed by atoms with van der Waals surface area (Å²) in [4.78, 5) is 0. The van der Waals surface area contributed by atoms with Crippen molar-refractivity contribution in [2.24, 2.45) is 0 Å². The molecule has 0 atom stereocenters. The van der Waals surface area contributed by atoms with Crippen molar-refractivity contribution in [2.45, 2.75) is 0 Å². The van der Waals surface area contributed by atoms with E-state index in [1.807, 2.05) is 0 Å². The normalized spacial score (nSPS) is 3.00. The van der Waals surface area contributed by atoms with Crippen molar-refractivity contribution in [1.82, 2.24) is 0 Å². The van der Waals surface area contributed by atoms with Gasteiger partial charge in [0.15, 0.2) is 0 Å². The molecule has 0 aliphatic rings. The zero-order valence-corrected chi connectivity index (χ0v) is 9.39. The van der Waals surface area contributed by atoms with Gasteiger partial charge in [-0.2, -0.15) is 13.5 Å². The van der Waals surface area contributed by atoms with Crippen LogP contribution in [0.4, 0.5) is 0 Å². The minimum absolute atomic E-state index is 0. The molecule has 0 aliphatic carbocycles. The summed E-state index contributed by atoms with van der Waals surface area (Å²) in [7, 11) is 0.490. The van der Waals surface area contributed by atoms with Crippen molar-refractivity contribution in [3.8, 4) is 0 Å². The van der Waals surface area contributed by atoms with Crippen LogP contribution in [-0.2, 0) is 10.1 Å². The Kier molecular flexibility index (Phi) is 22.4. The Morgan fingerprint density at radius 3 is 1.25 bits per heavy atom. The molecule has 0 bridgehead atoms. The molecular formula is H2MoSTe2. The first-order valence-corrected chi connectivity index (χ1v) is 13.2. The third-order valence-electron chi connectivity index (χ3n) is 0. The number of rotatable bonds is 0. The van der Waals surface area contributed by atoms with Crippen LogP contribution < -0.4 is 0 Å². The monoisotopic (exact) mass is 392 g/mol. The number of hydrogen-bond acceptors (Lipinski definition) is 0. The van der Waals surface area contributed by atoms with E-state index in [-0.39, 0.29) is 13.5 Å². The summed E-state index contributed by atoms with van der Waals surface area (Å²) in [6.45, 7) is 0. The van der Waals surface area contributed by atoms with E-state index in [1.54, 1.807) is 0 Å². The van der Waals surface area contributed by atoms with E-state index in [4.69, 9.17) is 0 Å². The molecule has 26 valence electrons. The molecule has 0 saturated heterocycles. The quantitative estimate of drug-likeness (QED) is 0.487. The molecule has 0 fully saturated rings. The van der Waals surface area contributed by atoms with E-state index < -0.39 is 0 Å². The Morgan fingerprint density at radius 1 is 1.25 bits per heavy atom. The minimum atomic E-state index is 0. The fraction of sp³-hybridized carbons (Fsp3) is 0. The van der Waals surface area contributed by atoms with E-state index in [0.29, 0.717) is 10.1 Å². The van der Waals surface area contributed by atoms with Crippen LogP contribution in [0.15, 0.2) is 0 Å². The fourth-order valence-electron chi connectivity index (χ4n) is 0. The molecule has 4 heavy (non-hydrogen) atoms. The Labute approximate surface area is 59.3 Å². The van der Waals surface area contributed by atoms with Gasteiger partial charge >= 0.3 is 47.1 Å². The van der Waals surface area contributed by atoms with E-state index in [2.05, 4.69) is 36.9 Å². The summed E-state index contributed by atoms with van der Waals surface area (Å²) in [5.41, 5.74) is 0. The molecule has 0 aromatic carbocycles. The van der Waals surface area contributed by atoms with Gasteiger partial charge in [0.05, 0.1) is 0 Å². The van der Waals surface area contributed by atoms with Gasteiger partial charge in [-0.1, -0.05) is 0 Å². The van der Waals surface area contributed by atoms with Crippen LogP contribution in [0.25, 0.3) is 0 Å². The Hall–Kier alpha value is 2.62. The molecule has 0 unspecified atom stereocenters. The molecule has 4 heteroatoms. The molecule has 0 spiro atoms. The van der Waals surface area contributed by atoms with Crippen molar-refractivity contribution >= 4 is 50.4 Å². The molecule has 0 N–H and O–H groups in total. The molecule has 0 heterocycles. The van der Waals surface area contributed by atoms with Crippen LogP contribution in [0.5, 0.6) is 0 Å². The Balaban J connectivity index is 0. The molecule has 0 aromatic rings. The van der Waals surface area contributed by atoms with Gasteiger partial charge in [-0.05, 0) is 0 Å². The van der Waals surface area contributed by atoms with E-state index in [9.17, 15) is 0 Å². The van der Waals surface area contributed by atoms with Gasteiger partial charge < -0.3 is 0 Å². The van der Waals surface area contributed by atoms with E-state index >= 15 is 0 Å². The van der Waals surface area contributed by atoms with Crippen LogP contribution in [0.3, 0.4) is 0 Å². The molecule has 0 amide bonds. The van der Waals surface area contributed by atoms with Crippen molar-refractivity contribution in [3.63, 3.8) is 0 Å². The molecule has 0 aromatic heterocycles. The van der Waals surface area contributed by atoms with E-state index in [0.717, 1.165) is 0 Å². The first kappa shape index (κ1) is 9.79. The second kappa shape index (κ2) is 9.15. The van der Waals surface area contributed by atoms with Crippen molar-refractivity contribution in [3.05, 3.63) is 0 Å². The van der Waals surface area contributed by atoms with Crippen molar-refractivity contribution in [1.29, 1.82) is 0 Å². The van der Waals surface area contributed by atoms with Gasteiger partial charge in [0.2, 0.25) is 0 Å². The predicted molar refractivity (Wildman–Crippen MR) is 21.9 cm³/mol. The van der Waals surface area contributed by atoms with Crippen molar-refractivity contribution < 1.29 is 10.1 Å². The van der Waals surface area contributed by atoms with Gasteiger partial charge in [0.1, 0.15) is 0 Å². The molecular weight excluding hydrogens is 383 g/mol. The van der Waals surface area contributed by atoms with Crippen LogP contribution in [0, 0.1) is 0 Å². The van der Waals surface area contributed by atoms with Gasteiger partial charge in [-0.3, -0.25) is 0 Å². The average Bonchev–Trinajstić information content (AvgIpc) is 0.918. The topological polar surface area (TPSA) is 0 Å². The van der Waals surface area contributed by atoms with Crippen LogP contribution >= 0.6 is 13.5 Å². The van der Waals surface area contributed by atoms with E-state index in [1.165, 1.54) is 0 Å². The maximum absolute atomic E-state index is 2.20. The average molecular weight is 385 g/mol. The SMILES string of the molecule is S.[Te]=[Mo]=[Te]. The second-order valence-corrected chi connectivity index (χ2v) is 18.1. The van der Waals surface area contributed by atoms with Gasteiger partial charge in [0, 0.05) is 0 Å². The van der Waals surface area contributed by atoms with Crippen LogP contribution in [0.2, 0.25) is 0 Å².